The van der Waals surface area contributed by atoms with Gasteiger partial charge in [0.05, 0.1) is 12.7 Å². The van der Waals surface area contributed by atoms with Gasteiger partial charge in [-0.1, -0.05) is 33.1 Å². The van der Waals surface area contributed by atoms with E-state index in [0.717, 1.165) is 25.7 Å². The second-order valence-corrected chi connectivity index (χ2v) is 8.14. The molecule has 1 heterocycles. The number of rotatable bonds is 6. The SMILES string of the molecule is CC(C)c1ncc(S(=O)(=O)NCC(=O)N(C)C2CCCCC2)[nH]1. The number of imidazole rings is 1. The number of amides is 1. The molecule has 0 bridgehead atoms. The quantitative estimate of drug-likeness (QED) is 0.821. The van der Waals surface area contributed by atoms with Gasteiger partial charge in [0.1, 0.15) is 5.82 Å². The number of H-pyrrole nitrogens is 1. The van der Waals surface area contributed by atoms with Crippen molar-refractivity contribution in [2.45, 2.75) is 62.9 Å². The molecule has 7 nitrogen and oxygen atoms in total. The van der Waals surface area contributed by atoms with E-state index in [1.807, 2.05) is 13.8 Å². The third-order valence-electron chi connectivity index (χ3n) is 4.34. The molecule has 0 atom stereocenters. The second kappa shape index (κ2) is 7.44. The standard InChI is InChI=1S/C15H26N4O3S/c1-11(2)15-16-9-13(18-15)23(21,22)17-10-14(20)19(3)12-7-5-4-6-8-12/h9,11-12,17H,4-8,10H2,1-3H3,(H,16,18). The lowest BCUT2D eigenvalue weighted by molar-refractivity contribution is -0.131. The average Bonchev–Trinajstić information content (AvgIpc) is 3.04. The van der Waals surface area contributed by atoms with Crippen LogP contribution in [0.4, 0.5) is 0 Å². The minimum Gasteiger partial charge on any atom is -0.342 e. The molecule has 1 aromatic rings. The Bertz CT molecular complexity index is 633. The number of hydrogen-bond donors (Lipinski definition) is 2. The molecule has 1 saturated carbocycles. The maximum Gasteiger partial charge on any atom is 0.258 e. The highest BCUT2D eigenvalue weighted by molar-refractivity contribution is 7.89. The summed E-state index contributed by atoms with van der Waals surface area (Å²) in [5.74, 6) is 0.512. The first kappa shape index (κ1) is 17.9. The summed E-state index contributed by atoms with van der Waals surface area (Å²) in [7, 11) is -2.00. The van der Waals surface area contributed by atoms with E-state index >= 15 is 0 Å². The lowest BCUT2D eigenvalue weighted by Gasteiger charge is -2.31. The zero-order valence-corrected chi connectivity index (χ0v) is 14.8. The van der Waals surface area contributed by atoms with Gasteiger partial charge in [0.15, 0.2) is 5.03 Å². The molecule has 2 rings (SSSR count). The summed E-state index contributed by atoms with van der Waals surface area (Å²) >= 11 is 0. The Hall–Kier alpha value is -1.41. The van der Waals surface area contributed by atoms with Crippen molar-refractivity contribution in [3.8, 4) is 0 Å². The number of carbonyl (C=O) groups excluding carboxylic acids is 1. The third kappa shape index (κ3) is 4.54. The monoisotopic (exact) mass is 342 g/mol. The van der Waals surface area contributed by atoms with Crippen LogP contribution in [0.5, 0.6) is 0 Å². The molecule has 0 aliphatic heterocycles. The predicted molar refractivity (Wildman–Crippen MR) is 87.5 cm³/mol. The number of hydrogen-bond acceptors (Lipinski definition) is 4. The van der Waals surface area contributed by atoms with Crippen molar-refractivity contribution in [3.63, 3.8) is 0 Å². The smallest absolute Gasteiger partial charge is 0.258 e. The predicted octanol–water partition coefficient (Wildman–Crippen LogP) is 1.60. The van der Waals surface area contributed by atoms with Gasteiger partial charge in [0.2, 0.25) is 5.91 Å². The van der Waals surface area contributed by atoms with Crippen LogP contribution in [0.2, 0.25) is 0 Å². The van der Waals surface area contributed by atoms with E-state index in [-0.39, 0.29) is 29.4 Å². The summed E-state index contributed by atoms with van der Waals surface area (Å²) in [6.45, 7) is 3.61. The van der Waals surface area contributed by atoms with Crippen LogP contribution >= 0.6 is 0 Å². The fraction of sp³-hybridized carbons (Fsp3) is 0.733. The second-order valence-electron chi connectivity index (χ2n) is 6.41. The number of sulfonamides is 1. The molecule has 0 aromatic carbocycles. The fourth-order valence-electron chi connectivity index (χ4n) is 2.78. The van der Waals surface area contributed by atoms with E-state index < -0.39 is 10.0 Å². The molecule has 1 aliphatic carbocycles. The third-order valence-corrected chi connectivity index (χ3v) is 5.65. The summed E-state index contributed by atoms with van der Waals surface area (Å²) in [4.78, 5) is 20.7. The lowest BCUT2D eigenvalue weighted by Crippen LogP contribution is -2.44. The van der Waals surface area contributed by atoms with Crippen LogP contribution in [0.3, 0.4) is 0 Å². The van der Waals surface area contributed by atoms with Crippen LogP contribution in [0.1, 0.15) is 57.7 Å². The Balaban J connectivity index is 1.93. The number of aromatic amines is 1. The summed E-state index contributed by atoms with van der Waals surface area (Å²) < 4.78 is 26.8. The van der Waals surface area contributed by atoms with E-state index in [1.54, 1.807) is 11.9 Å². The lowest BCUT2D eigenvalue weighted by atomic mass is 9.94. The van der Waals surface area contributed by atoms with Gasteiger partial charge in [-0.3, -0.25) is 4.79 Å². The Labute approximate surface area is 137 Å². The normalized spacial score (nSPS) is 16.7. The molecular formula is C15H26N4O3S. The van der Waals surface area contributed by atoms with Crippen molar-refractivity contribution < 1.29 is 13.2 Å². The van der Waals surface area contributed by atoms with Crippen molar-refractivity contribution >= 4 is 15.9 Å². The summed E-state index contributed by atoms with van der Waals surface area (Å²) in [5, 5.41) is -0.00526. The van der Waals surface area contributed by atoms with Gasteiger partial charge in [0.25, 0.3) is 10.0 Å². The number of nitrogens with zero attached hydrogens (tertiary/aromatic N) is 2. The Morgan fingerprint density at radius 3 is 2.61 bits per heavy atom. The van der Waals surface area contributed by atoms with Crippen molar-refractivity contribution in [2.24, 2.45) is 0 Å². The molecule has 0 saturated heterocycles. The first-order valence-electron chi connectivity index (χ1n) is 8.11. The molecule has 130 valence electrons. The van der Waals surface area contributed by atoms with Crippen LogP contribution in [-0.4, -0.2) is 48.8 Å². The van der Waals surface area contributed by atoms with E-state index in [2.05, 4.69) is 14.7 Å². The fourth-order valence-corrected chi connectivity index (χ4v) is 3.68. The minimum atomic E-state index is -3.75. The van der Waals surface area contributed by atoms with Gasteiger partial charge < -0.3 is 9.88 Å². The number of aromatic nitrogens is 2. The Morgan fingerprint density at radius 2 is 2.04 bits per heavy atom. The summed E-state index contributed by atoms with van der Waals surface area (Å²) in [6, 6.07) is 0.223. The molecule has 0 spiro atoms. The highest BCUT2D eigenvalue weighted by atomic mass is 32.2. The van der Waals surface area contributed by atoms with Gasteiger partial charge in [-0.15, -0.1) is 0 Å². The number of likely N-dealkylation sites (N-methyl/N-ethyl adjacent to an activating group) is 1. The summed E-state index contributed by atoms with van der Waals surface area (Å²) in [6.07, 6.45) is 6.73. The molecular weight excluding hydrogens is 316 g/mol. The van der Waals surface area contributed by atoms with E-state index in [0.29, 0.717) is 5.82 Å². The van der Waals surface area contributed by atoms with Gasteiger partial charge in [-0.05, 0) is 12.8 Å². The summed E-state index contributed by atoms with van der Waals surface area (Å²) in [5.41, 5.74) is 0. The maximum absolute atomic E-state index is 12.2. The van der Waals surface area contributed by atoms with Gasteiger partial charge in [0, 0.05) is 19.0 Å². The largest absolute Gasteiger partial charge is 0.342 e. The van der Waals surface area contributed by atoms with Crippen LogP contribution in [0.15, 0.2) is 11.2 Å². The first-order chi connectivity index (χ1) is 10.8. The average molecular weight is 342 g/mol. The highest BCUT2D eigenvalue weighted by Crippen LogP contribution is 2.21. The molecule has 2 N–H and O–H groups in total. The molecule has 0 radical (unpaired) electrons. The maximum atomic E-state index is 12.2. The molecule has 8 heteroatoms. The molecule has 23 heavy (non-hydrogen) atoms. The van der Waals surface area contributed by atoms with E-state index in [4.69, 9.17) is 0 Å². The topological polar surface area (TPSA) is 95.2 Å². The Morgan fingerprint density at radius 1 is 1.39 bits per heavy atom. The van der Waals surface area contributed by atoms with Crippen molar-refractivity contribution in [1.82, 2.24) is 19.6 Å². The van der Waals surface area contributed by atoms with E-state index in [1.165, 1.54) is 12.6 Å². The van der Waals surface area contributed by atoms with Crippen molar-refractivity contribution in [1.29, 1.82) is 0 Å². The van der Waals surface area contributed by atoms with Crippen LogP contribution in [0, 0.1) is 0 Å². The Kier molecular flexibility index (Phi) is 5.80. The van der Waals surface area contributed by atoms with Gasteiger partial charge >= 0.3 is 0 Å². The van der Waals surface area contributed by atoms with Crippen LogP contribution in [-0.2, 0) is 14.8 Å². The van der Waals surface area contributed by atoms with Gasteiger partial charge in [-0.2, -0.15) is 0 Å². The van der Waals surface area contributed by atoms with Crippen LogP contribution < -0.4 is 4.72 Å². The number of carbonyl (C=O) groups is 1. The van der Waals surface area contributed by atoms with Crippen LogP contribution in [0.25, 0.3) is 0 Å². The minimum absolute atomic E-state index is 0.00526. The zero-order valence-electron chi connectivity index (χ0n) is 14.0. The molecule has 0 unspecified atom stereocenters. The molecule has 1 fully saturated rings. The van der Waals surface area contributed by atoms with Gasteiger partial charge in [-0.25, -0.2) is 18.1 Å². The molecule has 1 aromatic heterocycles. The number of nitrogens with one attached hydrogen (secondary N) is 2. The molecule has 1 amide bonds. The highest BCUT2D eigenvalue weighted by Gasteiger charge is 2.24. The zero-order chi connectivity index (χ0) is 17.0. The molecule has 1 aliphatic rings. The van der Waals surface area contributed by atoms with Crippen molar-refractivity contribution in [3.05, 3.63) is 12.0 Å². The first-order valence-corrected chi connectivity index (χ1v) is 9.60. The van der Waals surface area contributed by atoms with Crippen molar-refractivity contribution in [2.75, 3.05) is 13.6 Å². The van der Waals surface area contributed by atoms with E-state index in [9.17, 15) is 13.2 Å².